The van der Waals surface area contributed by atoms with Crippen molar-refractivity contribution >= 4 is 11.6 Å². The van der Waals surface area contributed by atoms with Gasteiger partial charge in [0.2, 0.25) is 6.79 Å². The Morgan fingerprint density at radius 1 is 1.08 bits per heavy atom. The number of carbonyl (C=O) groups is 1. The van der Waals surface area contributed by atoms with E-state index in [1.807, 2.05) is 41.3 Å². The Bertz CT molecular complexity index is 1390. The second kappa shape index (κ2) is 9.14. The molecular weight excluding hydrogens is 456 g/mol. The van der Waals surface area contributed by atoms with Crippen LogP contribution in [0.3, 0.4) is 0 Å². The summed E-state index contributed by atoms with van der Waals surface area (Å²) >= 11 is 0. The van der Waals surface area contributed by atoms with E-state index >= 15 is 0 Å². The Morgan fingerprint density at radius 2 is 1.92 bits per heavy atom. The van der Waals surface area contributed by atoms with E-state index in [2.05, 4.69) is 23.2 Å². The van der Waals surface area contributed by atoms with E-state index in [0.717, 1.165) is 34.5 Å². The second-order valence-electron chi connectivity index (χ2n) is 9.18. The van der Waals surface area contributed by atoms with E-state index in [-0.39, 0.29) is 37.3 Å². The molecule has 0 unspecified atom stereocenters. The highest BCUT2D eigenvalue weighted by atomic mass is 16.7. The summed E-state index contributed by atoms with van der Waals surface area (Å²) in [7, 11) is 1.64. The maximum atomic E-state index is 13.7. The average Bonchev–Trinajstić information content (AvgIpc) is 3.58. The number of likely N-dealkylation sites (tertiary alicyclic amines) is 1. The van der Waals surface area contributed by atoms with Crippen LogP contribution in [0.25, 0.3) is 0 Å². The highest BCUT2D eigenvalue weighted by Crippen LogP contribution is 2.47. The average molecular weight is 483 g/mol. The number of methoxy groups -OCH3 is 1. The predicted molar refractivity (Wildman–Crippen MR) is 134 cm³/mol. The number of aliphatic hydroxyl groups is 1. The van der Waals surface area contributed by atoms with Gasteiger partial charge in [0.15, 0.2) is 11.5 Å². The predicted octanol–water partition coefficient (Wildman–Crippen LogP) is 3.81. The minimum Gasteiger partial charge on any atom is -0.497 e. The zero-order chi connectivity index (χ0) is 24.6. The number of ether oxygens (including phenoxy) is 3. The van der Waals surface area contributed by atoms with Crippen LogP contribution in [0, 0.1) is 17.8 Å². The SMILES string of the molecule is COc1cccc(C#Cc2ccc3c(c2)[C@H]2[C@H](CCN2C(=O)c2ccc4c(c2)OCO4)[C@@H](CO)N3)c1. The number of carbonyl (C=O) groups excluding carboxylic acids is 1. The summed E-state index contributed by atoms with van der Waals surface area (Å²) in [5.74, 6) is 8.51. The van der Waals surface area contributed by atoms with Crippen LogP contribution in [0.4, 0.5) is 5.69 Å². The number of benzene rings is 3. The Kier molecular flexibility index (Phi) is 5.67. The van der Waals surface area contributed by atoms with Gasteiger partial charge in [0.25, 0.3) is 5.91 Å². The van der Waals surface area contributed by atoms with Crippen LogP contribution in [-0.2, 0) is 0 Å². The van der Waals surface area contributed by atoms with Crippen molar-refractivity contribution < 1.29 is 24.1 Å². The van der Waals surface area contributed by atoms with E-state index in [1.165, 1.54) is 0 Å². The summed E-state index contributed by atoms with van der Waals surface area (Å²) in [6.45, 7) is 0.780. The van der Waals surface area contributed by atoms with Crippen molar-refractivity contribution in [2.75, 3.05) is 32.4 Å². The van der Waals surface area contributed by atoms with Crippen LogP contribution in [0.5, 0.6) is 17.2 Å². The molecule has 0 aliphatic carbocycles. The maximum absolute atomic E-state index is 13.7. The van der Waals surface area contributed by atoms with Crippen molar-refractivity contribution in [3.8, 4) is 29.1 Å². The van der Waals surface area contributed by atoms with E-state index < -0.39 is 0 Å². The number of fused-ring (bicyclic) bond motifs is 4. The van der Waals surface area contributed by atoms with Gasteiger partial charge in [0.1, 0.15) is 5.75 Å². The number of hydrogen-bond acceptors (Lipinski definition) is 6. The van der Waals surface area contributed by atoms with Gasteiger partial charge in [-0.2, -0.15) is 0 Å². The molecule has 182 valence electrons. The van der Waals surface area contributed by atoms with Crippen molar-refractivity contribution in [1.29, 1.82) is 0 Å². The van der Waals surface area contributed by atoms with E-state index in [0.29, 0.717) is 23.6 Å². The summed E-state index contributed by atoms with van der Waals surface area (Å²) in [5.41, 5.74) is 4.24. The fourth-order valence-corrected chi connectivity index (χ4v) is 5.41. The molecule has 1 fully saturated rings. The summed E-state index contributed by atoms with van der Waals surface area (Å²) in [6.07, 6.45) is 0.804. The number of nitrogens with one attached hydrogen (secondary N) is 1. The van der Waals surface area contributed by atoms with Crippen molar-refractivity contribution in [3.05, 3.63) is 82.9 Å². The largest absolute Gasteiger partial charge is 0.497 e. The first-order valence-corrected chi connectivity index (χ1v) is 12.0. The van der Waals surface area contributed by atoms with Crippen LogP contribution < -0.4 is 19.5 Å². The molecule has 7 heteroatoms. The topological polar surface area (TPSA) is 80.3 Å². The molecule has 3 aromatic carbocycles. The lowest BCUT2D eigenvalue weighted by Crippen LogP contribution is -2.42. The third kappa shape index (κ3) is 3.90. The molecular formula is C29H26N2O5. The monoisotopic (exact) mass is 482 g/mol. The van der Waals surface area contributed by atoms with Crippen LogP contribution >= 0.6 is 0 Å². The van der Waals surface area contributed by atoms with Crippen molar-refractivity contribution in [1.82, 2.24) is 4.90 Å². The molecule has 3 aliphatic rings. The fourth-order valence-electron chi connectivity index (χ4n) is 5.41. The number of nitrogens with zero attached hydrogens (tertiary/aromatic N) is 1. The number of hydrogen-bond donors (Lipinski definition) is 2. The van der Waals surface area contributed by atoms with Crippen LogP contribution in [0.2, 0.25) is 0 Å². The third-order valence-electron chi connectivity index (χ3n) is 7.17. The second-order valence-corrected chi connectivity index (χ2v) is 9.18. The van der Waals surface area contributed by atoms with Gasteiger partial charge in [-0.1, -0.05) is 17.9 Å². The molecule has 3 atom stereocenters. The Hall–Kier alpha value is -4.15. The highest BCUT2D eigenvalue weighted by molar-refractivity contribution is 5.95. The summed E-state index contributed by atoms with van der Waals surface area (Å²) < 4.78 is 16.2. The first kappa shape index (κ1) is 22.3. The number of rotatable bonds is 3. The Morgan fingerprint density at radius 3 is 2.75 bits per heavy atom. The van der Waals surface area contributed by atoms with Gasteiger partial charge in [0.05, 0.1) is 25.8 Å². The van der Waals surface area contributed by atoms with Gasteiger partial charge in [-0.05, 0) is 66.6 Å². The quantitative estimate of drug-likeness (QED) is 0.553. The first-order valence-electron chi connectivity index (χ1n) is 12.0. The molecule has 0 aromatic heterocycles. The summed E-state index contributed by atoms with van der Waals surface area (Å²) in [6, 6.07) is 18.7. The standard InChI is InChI=1S/C29H26N2O5/c1-34-21-4-2-3-18(13-21)5-6-19-7-9-24-23(14-19)28-22(25(16-32)30-24)11-12-31(28)29(33)20-8-10-26-27(15-20)36-17-35-26/h2-4,7-10,13-15,22,25,28,30,32H,11-12,16-17H2,1H3/t22-,25-,28-/m1/s1. The first-order chi connectivity index (χ1) is 17.6. The minimum absolute atomic E-state index is 0.00403. The fraction of sp³-hybridized carbons (Fsp3) is 0.276. The molecule has 0 bridgehead atoms. The number of amides is 1. The smallest absolute Gasteiger partial charge is 0.254 e. The van der Waals surface area contributed by atoms with Gasteiger partial charge in [-0.3, -0.25) is 4.79 Å². The molecule has 3 heterocycles. The number of aliphatic hydroxyl groups excluding tert-OH is 1. The molecule has 1 amide bonds. The molecule has 0 spiro atoms. The Balaban J connectivity index is 1.34. The third-order valence-corrected chi connectivity index (χ3v) is 7.17. The molecule has 6 rings (SSSR count). The normalized spacial score (nSPS) is 21.1. The zero-order valence-electron chi connectivity index (χ0n) is 19.9. The van der Waals surface area contributed by atoms with Crippen LogP contribution in [0.15, 0.2) is 60.7 Å². The van der Waals surface area contributed by atoms with E-state index in [9.17, 15) is 9.90 Å². The van der Waals surface area contributed by atoms with E-state index in [4.69, 9.17) is 14.2 Å². The lowest BCUT2D eigenvalue weighted by Gasteiger charge is -2.39. The molecule has 36 heavy (non-hydrogen) atoms. The molecule has 1 saturated heterocycles. The molecule has 3 aromatic rings. The maximum Gasteiger partial charge on any atom is 0.254 e. The van der Waals surface area contributed by atoms with Crippen LogP contribution in [0.1, 0.15) is 39.5 Å². The Labute approximate surface area is 209 Å². The van der Waals surface area contributed by atoms with Crippen molar-refractivity contribution in [2.45, 2.75) is 18.5 Å². The van der Waals surface area contributed by atoms with Gasteiger partial charge in [0, 0.05) is 34.8 Å². The van der Waals surface area contributed by atoms with Gasteiger partial charge in [-0.15, -0.1) is 0 Å². The van der Waals surface area contributed by atoms with Gasteiger partial charge < -0.3 is 29.5 Å². The van der Waals surface area contributed by atoms with Crippen molar-refractivity contribution in [3.63, 3.8) is 0 Å². The highest BCUT2D eigenvalue weighted by Gasteiger charge is 2.46. The summed E-state index contributed by atoms with van der Waals surface area (Å²) in [5, 5.41) is 13.6. The molecule has 0 saturated carbocycles. The lowest BCUT2D eigenvalue weighted by atomic mass is 9.82. The molecule has 3 aliphatic heterocycles. The lowest BCUT2D eigenvalue weighted by molar-refractivity contribution is 0.0700. The molecule has 7 nitrogen and oxygen atoms in total. The molecule has 2 N–H and O–H groups in total. The number of anilines is 1. The van der Waals surface area contributed by atoms with E-state index in [1.54, 1.807) is 25.3 Å². The zero-order valence-corrected chi connectivity index (χ0v) is 19.9. The van der Waals surface area contributed by atoms with Crippen molar-refractivity contribution in [2.24, 2.45) is 5.92 Å². The minimum atomic E-state index is -0.158. The van der Waals surface area contributed by atoms with Crippen LogP contribution in [-0.4, -0.2) is 49.0 Å². The van der Waals surface area contributed by atoms with Gasteiger partial charge in [-0.25, -0.2) is 0 Å². The molecule has 0 radical (unpaired) electrons. The van der Waals surface area contributed by atoms with Gasteiger partial charge >= 0.3 is 0 Å². The summed E-state index contributed by atoms with van der Waals surface area (Å²) in [4.78, 5) is 15.6.